The summed E-state index contributed by atoms with van der Waals surface area (Å²) in [4.78, 5) is 31.6. The number of aliphatic hydroxyl groups is 3. The minimum Gasteiger partial charge on any atom is -0.489 e. The zero-order valence-corrected chi connectivity index (χ0v) is 33.4. The quantitative estimate of drug-likeness (QED) is 0.192. The third-order valence-corrected chi connectivity index (χ3v) is 14.9. The Labute approximate surface area is 329 Å². The molecule has 0 aromatic heterocycles. The number of aliphatic carboxylic acids is 1. The van der Waals surface area contributed by atoms with Crippen molar-refractivity contribution in [1.29, 1.82) is 0 Å². The summed E-state index contributed by atoms with van der Waals surface area (Å²) in [5, 5.41) is 37.0. The molecule has 0 unspecified atom stereocenters. The predicted molar refractivity (Wildman–Crippen MR) is 214 cm³/mol. The molecule has 4 N–H and O–H groups in total. The molecule has 8 heteroatoms. The van der Waals surface area contributed by atoms with Gasteiger partial charge in [0.1, 0.15) is 23.9 Å². The van der Waals surface area contributed by atoms with Crippen LogP contribution in [0.4, 0.5) is 0 Å². The maximum Gasteiger partial charge on any atom is 0.303 e. The highest BCUT2D eigenvalue weighted by Crippen LogP contribution is 2.53. The van der Waals surface area contributed by atoms with E-state index in [0.717, 1.165) is 81.9 Å². The van der Waals surface area contributed by atoms with Crippen molar-refractivity contribution in [2.24, 2.45) is 16.2 Å². The van der Waals surface area contributed by atoms with E-state index in [1.54, 1.807) is 0 Å². The number of rotatable bonds is 8. The molecular formula is C47H68O8. The molecule has 7 fully saturated rings. The van der Waals surface area contributed by atoms with Crippen LogP contribution in [0.15, 0.2) is 47.6 Å². The molecule has 1 aromatic rings. The summed E-state index contributed by atoms with van der Waals surface area (Å²) in [6.45, 7) is 0.984. The van der Waals surface area contributed by atoms with Crippen molar-refractivity contribution in [3.63, 3.8) is 0 Å². The molecule has 55 heavy (non-hydrogen) atoms. The summed E-state index contributed by atoms with van der Waals surface area (Å²) < 4.78 is 5.85. The van der Waals surface area contributed by atoms with E-state index in [9.17, 15) is 24.6 Å². The van der Waals surface area contributed by atoms with Crippen LogP contribution in [-0.4, -0.2) is 62.4 Å². The van der Waals surface area contributed by atoms with Gasteiger partial charge < -0.3 is 25.2 Å². The lowest BCUT2D eigenvalue weighted by Gasteiger charge is -2.54. The molecular weight excluding hydrogens is 693 g/mol. The third-order valence-electron chi connectivity index (χ3n) is 14.9. The van der Waals surface area contributed by atoms with Gasteiger partial charge in [0, 0.05) is 31.1 Å². The normalized spacial score (nSPS) is 25.7. The fourth-order valence-corrected chi connectivity index (χ4v) is 9.84. The first kappa shape index (κ1) is 41.8. The first-order valence-electron chi connectivity index (χ1n) is 21.8. The Morgan fingerprint density at radius 3 is 1.40 bits per heavy atom. The molecule has 0 heterocycles. The molecule has 3 spiro atoms. The molecule has 7 saturated carbocycles. The van der Waals surface area contributed by atoms with Gasteiger partial charge >= 0.3 is 5.97 Å². The molecule has 9 aliphatic rings. The number of aryl methyl sites for hydroxylation is 1. The summed E-state index contributed by atoms with van der Waals surface area (Å²) in [5.41, 5.74) is 3.70. The first-order valence-corrected chi connectivity index (χ1v) is 21.8. The summed E-state index contributed by atoms with van der Waals surface area (Å²) in [5.74, 6) is 1.11. The van der Waals surface area contributed by atoms with Gasteiger partial charge in [0.15, 0.2) is 0 Å². The maximum absolute atomic E-state index is 11.2. The SMILES string of the molecule is O=C(O)CCc1ccc(OCC2=CC3(CCC3)CC2)cc1.O=C1CCC1.O=C1CCCC12CCC2.OC1(C2(O)CCC2)CCC1.OCC1=CC2(CCC2)CC1. The van der Waals surface area contributed by atoms with Crippen LogP contribution >= 0.6 is 0 Å². The Hall–Kier alpha value is -2.81. The van der Waals surface area contributed by atoms with Crippen LogP contribution in [-0.2, 0) is 20.8 Å². The summed E-state index contributed by atoms with van der Waals surface area (Å²) in [6.07, 6.45) is 33.9. The maximum atomic E-state index is 11.2. The monoisotopic (exact) mass is 760 g/mol. The highest BCUT2D eigenvalue weighted by molar-refractivity contribution is 5.87. The highest BCUT2D eigenvalue weighted by Gasteiger charge is 2.55. The van der Waals surface area contributed by atoms with E-state index >= 15 is 0 Å². The number of hydrogen-bond donors (Lipinski definition) is 4. The van der Waals surface area contributed by atoms with E-state index in [4.69, 9.17) is 14.9 Å². The molecule has 10 rings (SSSR count). The number of carboxylic acids is 1. The number of carbonyl (C=O) groups is 3. The Kier molecular flexibility index (Phi) is 13.8. The Balaban J connectivity index is 0.000000127. The average molecular weight is 761 g/mol. The number of Topliss-reactive ketones (excluding diaryl/α,β-unsaturated/α-hetero) is 2. The van der Waals surface area contributed by atoms with Crippen LogP contribution in [0.1, 0.15) is 173 Å². The summed E-state index contributed by atoms with van der Waals surface area (Å²) >= 11 is 0. The molecule has 1 aromatic carbocycles. The van der Waals surface area contributed by atoms with Gasteiger partial charge in [0.2, 0.25) is 0 Å². The van der Waals surface area contributed by atoms with Crippen molar-refractivity contribution in [3.05, 3.63) is 53.1 Å². The molecule has 0 amide bonds. The average Bonchev–Trinajstić information content (AvgIpc) is 3.85. The summed E-state index contributed by atoms with van der Waals surface area (Å²) in [7, 11) is 0. The van der Waals surface area contributed by atoms with E-state index in [-0.39, 0.29) is 11.8 Å². The minimum atomic E-state index is -0.756. The summed E-state index contributed by atoms with van der Waals surface area (Å²) in [6, 6.07) is 7.78. The van der Waals surface area contributed by atoms with Crippen LogP contribution in [0.25, 0.3) is 0 Å². The number of benzene rings is 1. The first-order chi connectivity index (χ1) is 26.4. The lowest BCUT2D eigenvalue weighted by molar-refractivity contribution is -0.224. The number of carbonyl (C=O) groups excluding carboxylic acids is 2. The Morgan fingerprint density at radius 2 is 1.09 bits per heavy atom. The predicted octanol–water partition coefficient (Wildman–Crippen LogP) is 9.31. The standard InChI is InChI=1S/C18H22O3.C9H14O.C8H14O2.C8H12O.C4H6O/c19-17(20)7-4-14-2-5-16(6-3-14)21-13-15-8-11-18(12-15)9-1-10-18;10-7-8-2-5-9(6-8)3-1-4-9;9-7(3-1-4-7)8(10)5-2-6-8;9-7-3-1-4-8(7)5-2-6-8;5-4-2-1-3-4/h2-3,5-6,12H,1,4,7-11,13H2,(H,19,20);6,10H,1-5,7H2;9-10H,1-6H2;1-6H2;1-3H2. The zero-order chi connectivity index (χ0) is 39.0. The van der Waals surface area contributed by atoms with Crippen LogP contribution in [0.2, 0.25) is 0 Å². The van der Waals surface area contributed by atoms with Crippen LogP contribution in [0.3, 0.4) is 0 Å². The fourth-order valence-electron chi connectivity index (χ4n) is 9.84. The molecule has 9 aliphatic carbocycles. The van der Waals surface area contributed by atoms with Gasteiger partial charge in [-0.05, 0) is 168 Å². The molecule has 8 nitrogen and oxygen atoms in total. The second-order valence-electron chi connectivity index (χ2n) is 18.6. The topological polar surface area (TPSA) is 141 Å². The molecule has 0 atom stereocenters. The van der Waals surface area contributed by atoms with Crippen molar-refractivity contribution in [2.75, 3.05) is 13.2 Å². The van der Waals surface area contributed by atoms with E-state index in [0.29, 0.717) is 42.0 Å². The van der Waals surface area contributed by atoms with E-state index in [1.165, 1.54) is 101 Å². The van der Waals surface area contributed by atoms with E-state index in [2.05, 4.69) is 12.2 Å². The number of allylic oxidation sites excluding steroid dienone is 2. The lowest BCUT2D eigenvalue weighted by Crippen LogP contribution is -2.62. The van der Waals surface area contributed by atoms with Gasteiger partial charge in [-0.15, -0.1) is 0 Å². The number of ketones is 2. The van der Waals surface area contributed by atoms with E-state index < -0.39 is 17.2 Å². The van der Waals surface area contributed by atoms with Crippen molar-refractivity contribution in [3.8, 4) is 5.75 Å². The Bertz CT molecular complexity index is 1510. The number of aliphatic hydroxyl groups excluding tert-OH is 1. The molecule has 0 aliphatic heterocycles. The lowest BCUT2D eigenvalue weighted by atomic mass is 9.60. The van der Waals surface area contributed by atoms with Gasteiger partial charge in [0.05, 0.1) is 17.8 Å². The Morgan fingerprint density at radius 1 is 0.600 bits per heavy atom. The molecule has 0 saturated heterocycles. The van der Waals surface area contributed by atoms with Crippen molar-refractivity contribution in [2.45, 2.75) is 185 Å². The molecule has 304 valence electrons. The van der Waals surface area contributed by atoms with Gasteiger partial charge in [0.25, 0.3) is 0 Å². The second-order valence-corrected chi connectivity index (χ2v) is 18.6. The zero-order valence-electron chi connectivity index (χ0n) is 33.4. The fraction of sp³-hybridized carbons (Fsp3) is 0.723. The largest absolute Gasteiger partial charge is 0.489 e. The third kappa shape index (κ3) is 10.4. The number of hydrogen-bond acceptors (Lipinski definition) is 7. The minimum absolute atomic E-state index is 0.176. The van der Waals surface area contributed by atoms with Crippen molar-refractivity contribution in [1.82, 2.24) is 0 Å². The van der Waals surface area contributed by atoms with Gasteiger partial charge in [-0.3, -0.25) is 14.4 Å². The van der Waals surface area contributed by atoms with Crippen LogP contribution in [0, 0.1) is 16.2 Å². The smallest absolute Gasteiger partial charge is 0.303 e. The van der Waals surface area contributed by atoms with E-state index in [1.807, 2.05) is 24.3 Å². The number of ether oxygens (including phenoxy) is 1. The van der Waals surface area contributed by atoms with Crippen molar-refractivity contribution >= 4 is 17.5 Å². The second kappa shape index (κ2) is 18.2. The van der Waals surface area contributed by atoms with Gasteiger partial charge in [-0.25, -0.2) is 0 Å². The number of carboxylic acid groups (broad SMARTS) is 1. The molecule has 0 radical (unpaired) electrons. The highest BCUT2D eigenvalue weighted by atomic mass is 16.5. The van der Waals surface area contributed by atoms with Gasteiger partial charge in [-0.1, -0.05) is 43.5 Å². The van der Waals surface area contributed by atoms with Crippen LogP contribution < -0.4 is 4.74 Å². The van der Waals surface area contributed by atoms with Crippen LogP contribution in [0.5, 0.6) is 5.75 Å². The molecule has 0 bridgehead atoms. The van der Waals surface area contributed by atoms with Crippen molar-refractivity contribution < 1.29 is 39.5 Å². The van der Waals surface area contributed by atoms with Gasteiger partial charge in [-0.2, -0.15) is 0 Å².